The first-order valence-corrected chi connectivity index (χ1v) is 5.26. The lowest BCUT2D eigenvalue weighted by Gasteiger charge is -2.29. The zero-order valence-corrected chi connectivity index (χ0v) is 8.98. The van der Waals surface area contributed by atoms with Crippen molar-refractivity contribution in [1.82, 2.24) is 14.9 Å². The lowest BCUT2D eigenvalue weighted by Crippen LogP contribution is -2.37. The van der Waals surface area contributed by atoms with Gasteiger partial charge in [0.15, 0.2) is 0 Å². The third kappa shape index (κ3) is 2.93. The predicted octanol–water partition coefficient (Wildman–Crippen LogP) is -0.223. The number of likely N-dealkylation sites (tertiary alicyclic amines) is 1. The van der Waals surface area contributed by atoms with Crippen LogP contribution in [-0.2, 0) is 0 Å². The van der Waals surface area contributed by atoms with Crippen LogP contribution in [0.3, 0.4) is 0 Å². The summed E-state index contributed by atoms with van der Waals surface area (Å²) in [7, 11) is 7.71. The van der Waals surface area contributed by atoms with Crippen LogP contribution in [0.25, 0.3) is 0 Å². The summed E-state index contributed by atoms with van der Waals surface area (Å²) in [5.74, 6) is 0.782. The molecule has 0 saturated carbocycles. The topological polar surface area (TPSA) is 41.1 Å². The van der Waals surface area contributed by atoms with E-state index >= 15 is 0 Å². The van der Waals surface area contributed by atoms with Crippen LogP contribution in [0.2, 0.25) is 0 Å². The third-order valence-corrected chi connectivity index (χ3v) is 2.72. The molecule has 2 heterocycles. The van der Waals surface area contributed by atoms with Crippen molar-refractivity contribution in [3.05, 3.63) is 12.4 Å². The van der Waals surface area contributed by atoms with Gasteiger partial charge in [-0.3, -0.25) is 4.98 Å². The highest BCUT2D eigenvalue weighted by atomic mass is 15.1. The first-order valence-electron chi connectivity index (χ1n) is 5.26. The molecule has 1 saturated heterocycles. The van der Waals surface area contributed by atoms with E-state index in [-0.39, 0.29) is 0 Å². The van der Waals surface area contributed by atoms with Crippen molar-refractivity contribution in [2.45, 2.75) is 18.9 Å². The fraction of sp³-hybridized carbons (Fsp3) is 0.600. The van der Waals surface area contributed by atoms with Crippen LogP contribution in [0.15, 0.2) is 12.4 Å². The van der Waals surface area contributed by atoms with Gasteiger partial charge >= 0.3 is 0 Å². The molecule has 0 aliphatic carbocycles. The van der Waals surface area contributed by atoms with Crippen molar-refractivity contribution in [1.29, 1.82) is 0 Å². The Bertz CT molecular complexity index is 323. The molecule has 0 spiro atoms. The maximum Gasteiger partial charge on any atom is 0.144 e. The molecule has 0 atom stereocenters. The van der Waals surface area contributed by atoms with E-state index in [9.17, 15) is 0 Å². The number of nitrogens with one attached hydrogen (secondary N) is 1. The summed E-state index contributed by atoms with van der Waals surface area (Å²) in [4.78, 5) is 10.5. The van der Waals surface area contributed by atoms with Crippen LogP contribution in [0.5, 0.6) is 0 Å². The first-order chi connectivity index (χ1) is 7.24. The van der Waals surface area contributed by atoms with E-state index in [1.54, 1.807) is 12.4 Å². The normalized spacial score (nSPS) is 19.0. The molecule has 1 aliphatic rings. The second-order valence-corrected chi connectivity index (χ2v) is 4.05. The molecule has 1 aliphatic heterocycles. The minimum absolute atomic E-state index is 0.466. The Morgan fingerprint density at radius 1 is 1.40 bits per heavy atom. The van der Waals surface area contributed by atoms with Gasteiger partial charge in [0.1, 0.15) is 13.7 Å². The van der Waals surface area contributed by atoms with Crippen molar-refractivity contribution in [3.8, 4) is 0 Å². The smallest absolute Gasteiger partial charge is 0.144 e. The average molecular weight is 202 g/mol. The molecule has 0 amide bonds. The first kappa shape index (κ1) is 10.4. The number of piperidine rings is 1. The summed E-state index contributed by atoms with van der Waals surface area (Å²) in [6.07, 6.45) is 5.56. The van der Waals surface area contributed by atoms with Gasteiger partial charge in [0.05, 0.1) is 6.20 Å². The number of hydrogen-bond donors (Lipinski definition) is 1. The second kappa shape index (κ2) is 4.62. The summed E-state index contributed by atoms with van der Waals surface area (Å²) >= 11 is 0. The molecule has 1 aromatic heterocycles. The summed E-state index contributed by atoms with van der Waals surface area (Å²) < 4.78 is 0. The van der Waals surface area contributed by atoms with Gasteiger partial charge in [0.25, 0.3) is 0 Å². The molecule has 1 aromatic rings. The quantitative estimate of drug-likeness (QED) is 0.673. The van der Waals surface area contributed by atoms with Crippen molar-refractivity contribution >= 4 is 19.3 Å². The maximum atomic E-state index is 5.56. The minimum Gasteiger partial charge on any atom is -0.366 e. The summed E-state index contributed by atoms with van der Waals surface area (Å²) in [5.41, 5.74) is 0.466. The van der Waals surface area contributed by atoms with E-state index in [1.807, 2.05) is 0 Å². The molecule has 0 unspecified atom stereocenters. The zero-order chi connectivity index (χ0) is 10.7. The fourth-order valence-corrected chi connectivity index (χ4v) is 1.81. The summed E-state index contributed by atoms with van der Waals surface area (Å²) in [5, 5.41) is 3.36. The summed E-state index contributed by atoms with van der Waals surface area (Å²) in [6.45, 7) is 2.26. The molecule has 0 aromatic carbocycles. The number of hydrogen-bond acceptors (Lipinski definition) is 4. The molecule has 1 fully saturated rings. The van der Waals surface area contributed by atoms with E-state index in [0.29, 0.717) is 11.6 Å². The van der Waals surface area contributed by atoms with Crippen LogP contribution < -0.4 is 10.9 Å². The van der Waals surface area contributed by atoms with Gasteiger partial charge in [-0.25, -0.2) is 4.98 Å². The number of anilines is 1. The van der Waals surface area contributed by atoms with Crippen molar-refractivity contribution in [3.63, 3.8) is 0 Å². The highest BCUT2D eigenvalue weighted by molar-refractivity contribution is 6.30. The Balaban J connectivity index is 1.92. The van der Waals surface area contributed by atoms with Crippen LogP contribution in [0.1, 0.15) is 12.8 Å². The number of nitrogens with zero attached hydrogens (tertiary/aromatic N) is 3. The Morgan fingerprint density at radius 3 is 2.80 bits per heavy atom. The Kier molecular flexibility index (Phi) is 3.21. The standard InChI is InChI=1S/C10H15BN4/c1-15-4-2-8(3-5-15)13-10-7-12-6-9(11)14-10/h6-8H,2-5H2,1H3,(H,13,14). The molecule has 0 bridgehead atoms. The van der Waals surface area contributed by atoms with Crippen LogP contribution in [-0.4, -0.2) is 48.9 Å². The van der Waals surface area contributed by atoms with Crippen LogP contribution in [0.4, 0.5) is 5.82 Å². The van der Waals surface area contributed by atoms with Crippen molar-refractivity contribution in [2.75, 3.05) is 25.5 Å². The molecular formula is C10H15BN4. The third-order valence-electron chi connectivity index (χ3n) is 2.72. The SMILES string of the molecule is [B]c1cncc(NC2CCN(C)CC2)n1. The van der Waals surface area contributed by atoms with Crippen molar-refractivity contribution in [2.24, 2.45) is 0 Å². The molecule has 78 valence electrons. The second-order valence-electron chi connectivity index (χ2n) is 4.05. The van der Waals surface area contributed by atoms with Crippen molar-refractivity contribution < 1.29 is 0 Å². The largest absolute Gasteiger partial charge is 0.366 e. The minimum atomic E-state index is 0.466. The van der Waals surface area contributed by atoms with E-state index in [1.165, 1.54) is 0 Å². The van der Waals surface area contributed by atoms with Gasteiger partial charge in [-0.15, -0.1) is 0 Å². The highest BCUT2D eigenvalue weighted by Gasteiger charge is 2.16. The van der Waals surface area contributed by atoms with Crippen LogP contribution in [0, 0.1) is 0 Å². The van der Waals surface area contributed by atoms with Gasteiger partial charge in [0.2, 0.25) is 0 Å². The molecular weight excluding hydrogens is 187 g/mol. The number of aromatic nitrogens is 2. The molecule has 2 radical (unpaired) electrons. The fourth-order valence-electron chi connectivity index (χ4n) is 1.81. The maximum absolute atomic E-state index is 5.56. The molecule has 5 heteroatoms. The van der Waals surface area contributed by atoms with Crippen LogP contribution >= 0.6 is 0 Å². The molecule has 15 heavy (non-hydrogen) atoms. The van der Waals surface area contributed by atoms with E-state index in [2.05, 4.69) is 27.2 Å². The summed E-state index contributed by atoms with van der Waals surface area (Å²) in [6, 6.07) is 0.498. The van der Waals surface area contributed by atoms with Gasteiger partial charge in [-0.2, -0.15) is 0 Å². The average Bonchev–Trinajstić information content (AvgIpc) is 2.22. The Morgan fingerprint density at radius 2 is 2.13 bits per heavy atom. The van der Waals surface area contributed by atoms with Gasteiger partial charge in [-0.05, 0) is 33.0 Å². The van der Waals surface area contributed by atoms with E-state index in [0.717, 1.165) is 31.7 Å². The lowest BCUT2D eigenvalue weighted by molar-refractivity contribution is 0.263. The number of rotatable bonds is 2. The molecule has 2 rings (SSSR count). The van der Waals surface area contributed by atoms with Gasteiger partial charge in [-0.1, -0.05) is 0 Å². The lowest BCUT2D eigenvalue weighted by atomic mass is 10.1. The Labute approximate surface area is 91.5 Å². The Hall–Kier alpha value is -1.10. The molecule has 1 N–H and O–H groups in total. The predicted molar refractivity (Wildman–Crippen MR) is 61.6 cm³/mol. The van der Waals surface area contributed by atoms with Gasteiger partial charge < -0.3 is 10.2 Å². The van der Waals surface area contributed by atoms with E-state index < -0.39 is 0 Å². The molecule has 4 nitrogen and oxygen atoms in total. The highest BCUT2D eigenvalue weighted by Crippen LogP contribution is 2.12. The zero-order valence-electron chi connectivity index (χ0n) is 8.98. The van der Waals surface area contributed by atoms with E-state index in [4.69, 9.17) is 7.85 Å². The van der Waals surface area contributed by atoms with Gasteiger partial charge in [0, 0.05) is 17.8 Å². The monoisotopic (exact) mass is 202 g/mol.